The average molecular weight is 467 g/mol. The summed E-state index contributed by atoms with van der Waals surface area (Å²) in [5, 5.41) is 21.2. The van der Waals surface area contributed by atoms with Gasteiger partial charge in [-0.3, -0.25) is 0 Å². The number of hydrogen-bond acceptors (Lipinski definition) is 6. The van der Waals surface area contributed by atoms with Crippen molar-refractivity contribution in [1.82, 2.24) is 0 Å². The maximum absolute atomic E-state index is 11.1. The highest BCUT2D eigenvalue weighted by molar-refractivity contribution is 7.99. The Balaban J connectivity index is 1.70. The van der Waals surface area contributed by atoms with E-state index < -0.39 is 29.3 Å². The van der Waals surface area contributed by atoms with Gasteiger partial charge in [0.15, 0.2) is 4.93 Å². The molecule has 0 aliphatic carbocycles. The summed E-state index contributed by atoms with van der Waals surface area (Å²) in [5.41, 5.74) is 2.91. The third kappa shape index (κ3) is 5.32. The number of aliphatic hydroxyl groups excluding tert-OH is 2. The Morgan fingerprint density at radius 3 is 1.85 bits per heavy atom. The van der Waals surface area contributed by atoms with Crippen LogP contribution in [0.3, 0.4) is 0 Å². The predicted octanol–water partition coefficient (Wildman–Crippen LogP) is 4.13. The molecule has 0 saturated carbocycles. The molecule has 33 heavy (non-hydrogen) atoms. The Kier molecular flexibility index (Phi) is 8.20. The maximum atomic E-state index is 11.1. The van der Waals surface area contributed by atoms with Crippen LogP contribution < -0.4 is 0 Å². The van der Waals surface area contributed by atoms with Crippen LogP contribution in [-0.4, -0.2) is 47.5 Å². The fraction of sp³-hybridized carbons (Fsp3) is 0.333. The van der Waals surface area contributed by atoms with Crippen molar-refractivity contribution in [2.45, 2.75) is 42.6 Å². The third-order valence-corrected chi connectivity index (χ3v) is 7.10. The molecule has 5 nitrogen and oxygen atoms in total. The molecule has 2 N–H and O–H groups in total. The number of benzene rings is 3. The van der Waals surface area contributed by atoms with Gasteiger partial charge in [0.05, 0.1) is 19.8 Å². The quantitative estimate of drug-likeness (QED) is 0.494. The van der Waals surface area contributed by atoms with Crippen LogP contribution in [0.5, 0.6) is 0 Å². The van der Waals surface area contributed by atoms with E-state index in [-0.39, 0.29) is 6.61 Å². The zero-order chi connectivity index (χ0) is 23.1. The summed E-state index contributed by atoms with van der Waals surface area (Å²) in [6, 6.07) is 29.5. The van der Waals surface area contributed by atoms with Gasteiger partial charge in [-0.15, -0.1) is 11.8 Å². The van der Waals surface area contributed by atoms with Gasteiger partial charge >= 0.3 is 0 Å². The highest BCUT2D eigenvalue weighted by Crippen LogP contribution is 2.48. The van der Waals surface area contributed by atoms with Crippen LogP contribution in [0.1, 0.15) is 16.7 Å². The molecule has 4 rings (SSSR count). The molecular formula is C27H30O5S. The minimum absolute atomic E-state index is 0.311. The van der Waals surface area contributed by atoms with Crippen molar-refractivity contribution in [1.29, 1.82) is 0 Å². The molecule has 3 aromatic rings. The van der Waals surface area contributed by atoms with E-state index in [1.807, 2.05) is 97.3 Å². The second kappa shape index (κ2) is 11.3. The van der Waals surface area contributed by atoms with Crippen LogP contribution in [0.25, 0.3) is 0 Å². The molecule has 6 heteroatoms. The number of thioether (sulfide) groups is 1. The first-order chi connectivity index (χ1) is 16.2. The molecule has 1 saturated heterocycles. The fourth-order valence-corrected chi connectivity index (χ4v) is 5.24. The van der Waals surface area contributed by atoms with Crippen LogP contribution in [0, 0.1) is 0 Å². The van der Waals surface area contributed by atoms with E-state index in [1.165, 1.54) is 11.8 Å². The van der Waals surface area contributed by atoms with Gasteiger partial charge in [0.2, 0.25) is 0 Å². The van der Waals surface area contributed by atoms with Crippen molar-refractivity contribution in [3.63, 3.8) is 0 Å². The van der Waals surface area contributed by atoms with E-state index in [4.69, 9.17) is 14.2 Å². The Labute approximate surface area is 199 Å². The maximum Gasteiger partial charge on any atom is 0.168 e. The number of rotatable bonds is 9. The molecule has 0 unspecified atom stereocenters. The molecule has 0 radical (unpaired) electrons. The fourth-order valence-electron chi connectivity index (χ4n) is 4.22. The molecule has 0 spiro atoms. The van der Waals surface area contributed by atoms with E-state index in [0.29, 0.717) is 13.2 Å². The molecule has 0 aromatic heterocycles. The normalized spacial score (nSPS) is 27.4. The van der Waals surface area contributed by atoms with Gasteiger partial charge in [0, 0.05) is 0 Å². The third-order valence-electron chi connectivity index (χ3n) is 5.93. The summed E-state index contributed by atoms with van der Waals surface area (Å²) in [7, 11) is 0. The van der Waals surface area contributed by atoms with Crippen LogP contribution in [-0.2, 0) is 32.4 Å². The van der Waals surface area contributed by atoms with E-state index in [1.54, 1.807) is 0 Å². The zero-order valence-corrected chi connectivity index (χ0v) is 19.4. The smallest absolute Gasteiger partial charge is 0.168 e. The van der Waals surface area contributed by atoms with Crippen LogP contribution in [0.4, 0.5) is 0 Å². The highest BCUT2D eigenvalue weighted by Gasteiger charge is 2.56. The van der Waals surface area contributed by atoms with E-state index in [2.05, 4.69) is 0 Å². The summed E-state index contributed by atoms with van der Waals surface area (Å²) in [6.45, 7) is 0.323. The summed E-state index contributed by atoms with van der Waals surface area (Å²) >= 11 is 1.49. The van der Waals surface area contributed by atoms with Crippen LogP contribution in [0.15, 0.2) is 91.0 Å². The number of aliphatic hydroxyl groups is 2. The molecule has 5 atom stereocenters. The first-order valence-corrected chi connectivity index (χ1v) is 12.3. The monoisotopic (exact) mass is 466 g/mol. The summed E-state index contributed by atoms with van der Waals surface area (Å²) in [6.07, 6.45) is -1.26. The van der Waals surface area contributed by atoms with Crippen molar-refractivity contribution in [3.8, 4) is 0 Å². The van der Waals surface area contributed by atoms with Gasteiger partial charge < -0.3 is 24.4 Å². The molecule has 174 valence electrons. The highest BCUT2D eigenvalue weighted by atomic mass is 32.2. The van der Waals surface area contributed by atoms with Crippen molar-refractivity contribution >= 4 is 11.8 Å². The Morgan fingerprint density at radius 2 is 1.33 bits per heavy atom. The molecular weight excluding hydrogens is 436 g/mol. The van der Waals surface area contributed by atoms with Gasteiger partial charge in [-0.2, -0.15) is 0 Å². The van der Waals surface area contributed by atoms with Crippen LogP contribution in [0.2, 0.25) is 0 Å². The Morgan fingerprint density at radius 1 is 0.818 bits per heavy atom. The molecule has 0 bridgehead atoms. The Bertz CT molecular complexity index is 972. The molecule has 3 aromatic carbocycles. The first kappa shape index (κ1) is 24.0. The van der Waals surface area contributed by atoms with Crippen molar-refractivity contribution in [2.24, 2.45) is 0 Å². The standard InChI is InChI=1S/C27H30O5S/c1-33-27(22-15-9-4-10-16-22)26(31-19-21-13-7-3-8-14-21)25(24(29)23(17-28)32-27)30-18-20-11-5-2-6-12-20/h2-16,23-26,28-29H,17-19H2,1H3/t23-,24-,25+,26-,27+/m1/s1. The van der Waals surface area contributed by atoms with Gasteiger partial charge in [-0.1, -0.05) is 91.0 Å². The number of hydrogen-bond donors (Lipinski definition) is 2. The largest absolute Gasteiger partial charge is 0.394 e. The molecule has 0 amide bonds. The molecule has 1 aliphatic rings. The lowest BCUT2D eigenvalue weighted by Gasteiger charge is -2.51. The van der Waals surface area contributed by atoms with Crippen molar-refractivity contribution in [2.75, 3.05) is 12.9 Å². The van der Waals surface area contributed by atoms with Crippen LogP contribution >= 0.6 is 11.8 Å². The number of ether oxygens (including phenoxy) is 3. The second-order valence-corrected chi connectivity index (χ2v) is 9.06. The van der Waals surface area contributed by atoms with Gasteiger partial charge in [-0.25, -0.2) is 0 Å². The summed E-state index contributed by atoms with van der Waals surface area (Å²) < 4.78 is 19.2. The van der Waals surface area contributed by atoms with E-state index in [9.17, 15) is 10.2 Å². The SMILES string of the molecule is CS[C@]1(c2ccccc2)O[C@H](CO)[C@@H](O)[C@H](OCc2ccccc2)[C@H]1OCc1ccccc1. The zero-order valence-electron chi connectivity index (χ0n) is 18.6. The molecule has 1 fully saturated rings. The van der Waals surface area contributed by atoms with Crippen molar-refractivity contribution < 1.29 is 24.4 Å². The lowest BCUT2D eigenvalue weighted by Crippen LogP contribution is -2.63. The topological polar surface area (TPSA) is 68.2 Å². The Hall–Kier alpha value is -2.19. The minimum atomic E-state index is -1.05. The van der Waals surface area contributed by atoms with Gasteiger partial charge in [-0.05, 0) is 22.9 Å². The lowest BCUT2D eigenvalue weighted by molar-refractivity contribution is -0.272. The molecule has 1 heterocycles. The van der Waals surface area contributed by atoms with E-state index in [0.717, 1.165) is 16.7 Å². The minimum Gasteiger partial charge on any atom is -0.394 e. The lowest BCUT2D eigenvalue weighted by atomic mass is 9.90. The first-order valence-electron chi connectivity index (χ1n) is 11.1. The van der Waals surface area contributed by atoms with Gasteiger partial charge in [0.25, 0.3) is 0 Å². The summed E-state index contributed by atoms with van der Waals surface area (Å²) in [4.78, 5) is -0.968. The predicted molar refractivity (Wildman–Crippen MR) is 130 cm³/mol. The van der Waals surface area contributed by atoms with Crippen molar-refractivity contribution in [3.05, 3.63) is 108 Å². The average Bonchev–Trinajstić information content (AvgIpc) is 2.88. The van der Waals surface area contributed by atoms with Gasteiger partial charge in [0.1, 0.15) is 24.4 Å². The van der Waals surface area contributed by atoms with E-state index >= 15 is 0 Å². The molecule has 1 aliphatic heterocycles. The second-order valence-electron chi connectivity index (χ2n) is 8.05. The summed E-state index contributed by atoms with van der Waals surface area (Å²) in [5.74, 6) is 0.